The number of methoxy groups -OCH3 is 1. The van der Waals surface area contributed by atoms with Gasteiger partial charge >= 0.3 is 11.9 Å². The van der Waals surface area contributed by atoms with Gasteiger partial charge in [0.25, 0.3) is 5.91 Å². The molecule has 0 radical (unpaired) electrons. The van der Waals surface area contributed by atoms with Gasteiger partial charge in [0.15, 0.2) is 5.13 Å². The van der Waals surface area contributed by atoms with Gasteiger partial charge in [0.1, 0.15) is 11.0 Å². The number of carbonyl (C=O) groups is 4. The first kappa shape index (κ1) is 31.0. The normalized spacial score (nSPS) is 11.3. The molecule has 0 aliphatic carbocycles. The molecule has 0 bridgehead atoms. The Morgan fingerprint density at radius 2 is 1.58 bits per heavy atom. The fourth-order valence-electron chi connectivity index (χ4n) is 4.33. The molecule has 4 N–H and O–H groups in total. The van der Waals surface area contributed by atoms with E-state index in [1.165, 1.54) is 29.2 Å². The molecular formula is C33H25N3O7S2. The summed E-state index contributed by atoms with van der Waals surface area (Å²) < 4.78 is 5.21. The summed E-state index contributed by atoms with van der Waals surface area (Å²) in [6.07, 6.45) is 0. The van der Waals surface area contributed by atoms with Crippen molar-refractivity contribution in [2.75, 3.05) is 17.7 Å². The maximum absolute atomic E-state index is 13.6. The average Bonchev–Trinajstić information content (AvgIpc) is 3.52. The molecular weight excluding hydrogens is 615 g/mol. The van der Waals surface area contributed by atoms with Crippen molar-refractivity contribution in [2.45, 2.75) is 10.1 Å². The van der Waals surface area contributed by atoms with E-state index in [-0.39, 0.29) is 17.0 Å². The van der Waals surface area contributed by atoms with Crippen molar-refractivity contribution >= 4 is 57.7 Å². The molecule has 2 amide bonds. The van der Waals surface area contributed by atoms with E-state index in [0.717, 1.165) is 29.0 Å². The number of carboxylic acids is 2. The molecule has 0 saturated heterocycles. The van der Waals surface area contributed by atoms with Crippen LogP contribution in [-0.2, 0) is 4.79 Å². The Balaban J connectivity index is 1.34. The molecule has 12 heteroatoms. The third-order valence-corrected chi connectivity index (χ3v) is 8.55. The van der Waals surface area contributed by atoms with Crippen molar-refractivity contribution in [3.8, 4) is 17.0 Å². The number of thioether (sulfide) groups is 1. The molecule has 5 rings (SSSR count). The van der Waals surface area contributed by atoms with Gasteiger partial charge in [-0.25, -0.2) is 14.6 Å². The van der Waals surface area contributed by atoms with Crippen LogP contribution in [0.3, 0.4) is 0 Å². The summed E-state index contributed by atoms with van der Waals surface area (Å²) in [7, 11) is 1.60. The maximum atomic E-state index is 13.6. The second-order valence-corrected chi connectivity index (χ2v) is 11.6. The highest BCUT2D eigenvalue weighted by Gasteiger charge is 2.24. The Morgan fingerprint density at radius 3 is 2.27 bits per heavy atom. The standard InChI is InChI=1S/C33H25N3O7S2/c1-43-23-13-10-19(11-14-23)27-18-44-33(35-27)36-30(38)28(20-6-3-2-4-7-20)45-24-9-5-8-22(17-24)34-29(37)25-15-12-21(31(39)40)16-26(25)32(41)42/h2-18,28H,1H3,(H,34,37)(H,39,40)(H,41,42)(H,35,36,38). The Kier molecular flexibility index (Phi) is 9.56. The summed E-state index contributed by atoms with van der Waals surface area (Å²) >= 11 is 2.58. The quantitative estimate of drug-likeness (QED) is 0.113. The smallest absolute Gasteiger partial charge is 0.336 e. The second-order valence-electron chi connectivity index (χ2n) is 9.52. The minimum Gasteiger partial charge on any atom is -0.497 e. The predicted octanol–water partition coefficient (Wildman–Crippen LogP) is 6.94. The highest BCUT2D eigenvalue weighted by molar-refractivity contribution is 8.00. The molecule has 0 spiro atoms. The predicted molar refractivity (Wildman–Crippen MR) is 173 cm³/mol. The van der Waals surface area contributed by atoms with E-state index >= 15 is 0 Å². The molecule has 0 aliphatic heterocycles. The van der Waals surface area contributed by atoms with Gasteiger partial charge in [-0.05, 0) is 66.2 Å². The van der Waals surface area contributed by atoms with Gasteiger partial charge in [-0.2, -0.15) is 0 Å². The SMILES string of the molecule is COc1ccc(-c2csc(NC(=O)C(Sc3cccc(NC(=O)c4ccc(C(=O)O)cc4C(=O)O)c3)c3ccccc3)n2)cc1. The lowest BCUT2D eigenvalue weighted by molar-refractivity contribution is -0.115. The van der Waals surface area contributed by atoms with Crippen LogP contribution in [0.4, 0.5) is 10.8 Å². The molecule has 1 heterocycles. The van der Waals surface area contributed by atoms with E-state index in [4.69, 9.17) is 4.74 Å². The fraction of sp³-hybridized carbons (Fsp3) is 0.0606. The number of carbonyl (C=O) groups excluding carboxylic acids is 2. The third-order valence-electron chi connectivity index (χ3n) is 6.55. The Bertz CT molecular complexity index is 1880. The van der Waals surface area contributed by atoms with E-state index in [2.05, 4.69) is 15.6 Å². The summed E-state index contributed by atoms with van der Waals surface area (Å²) in [5, 5.41) is 26.0. The number of aromatic nitrogens is 1. The zero-order chi connectivity index (χ0) is 31.9. The van der Waals surface area contributed by atoms with Crippen LogP contribution in [0, 0.1) is 0 Å². The van der Waals surface area contributed by atoms with Crippen LogP contribution in [-0.4, -0.2) is 46.1 Å². The van der Waals surface area contributed by atoms with Crippen LogP contribution >= 0.6 is 23.1 Å². The number of ether oxygens (including phenoxy) is 1. The number of benzene rings is 4. The van der Waals surface area contributed by atoms with Gasteiger partial charge in [0, 0.05) is 21.5 Å². The Labute approximate surface area is 265 Å². The first-order valence-electron chi connectivity index (χ1n) is 13.4. The number of hydrogen-bond donors (Lipinski definition) is 4. The monoisotopic (exact) mass is 639 g/mol. The molecule has 1 unspecified atom stereocenters. The number of nitrogens with one attached hydrogen (secondary N) is 2. The van der Waals surface area contributed by atoms with Crippen LogP contribution in [0.25, 0.3) is 11.3 Å². The summed E-state index contributed by atoms with van der Waals surface area (Å²) in [4.78, 5) is 54.9. The van der Waals surface area contributed by atoms with E-state index in [9.17, 15) is 29.4 Å². The molecule has 45 heavy (non-hydrogen) atoms. The van der Waals surface area contributed by atoms with E-state index in [0.29, 0.717) is 21.4 Å². The largest absolute Gasteiger partial charge is 0.497 e. The first-order valence-corrected chi connectivity index (χ1v) is 15.1. The molecule has 10 nitrogen and oxygen atoms in total. The summed E-state index contributed by atoms with van der Waals surface area (Å²) in [6.45, 7) is 0. The number of amides is 2. The fourth-order valence-corrected chi connectivity index (χ4v) is 6.14. The van der Waals surface area contributed by atoms with Crippen molar-refractivity contribution in [3.63, 3.8) is 0 Å². The Hall–Kier alpha value is -5.46. The molecule has 1 atom stereocenters. The molecule has 0 aliphatic rings. The minimum absolute atomic E-state index is 0.190. The Morgan fingerprint density at radius 1 is 0.822 bits per heavy atom. The highest BCUT2D eigenvalue weighted by atomic mass is 32.2. The molecule has 5 aromatic rings. The lowest BCUT2D eigenvalue weighted by Gasteiger charge is -2.17. The topological polar surface area (TPSA) is 155 Å². The summed E-state index contributed by atoms with van der Waals surface area (Å²) in [6, 6.07) is 26.8. The number of rotatable bonds is 11. The molecule has 0 fully saturated rings. The van der Waals surface area contributed by atoms with Crippen LogP contribution < -0.4 is 15.4 Å². The number of nitrogens with zero attached hydrogens (tertiary/aromatic N) is 1. The maximum Gasteiger partial charge on any atom is 0.336 e. The molecule has 0 saturated carbocycles. The van der Waals surface area contributed by atoms with Crippen LogP contribution in [0.2, 0.25) is 0 Å². The first-order chi connectivity index (χ1) is 21.7. The van der Waals surface area contributed by atoms with Gasteiger partial charge in [-0.3, -0.25) is 9.59 Å². The summed E-state index contributed by atoms with van der Waals surface area (Å²) in [5.74, 6) is -3.02. The summed E-state index contributed by atoms with van der Waals surface area (Å²) in [5.41, 5.74) is 1.84. The van der Waals surface area contributed by atoms with Crippen molar-refractivity contribution in [1.82, 2.24) is 4.98 Å². The lowest BCUT2D eigenvalue weighted by Crippen LogP contribution is -2.19. The lowest BCUT2D eigenvalue weighted by atomic mass is 10.0. The zero-order valence-corrected chi connectivity index (χ0v) is 25.2. The van der Waals surface area contributed by atoms with Gasteiger partial charge in [-0.1, -0.05) is 36.4 Å². The molecule has 226 valence electrons. The van der Waals surface area contributed by atoms with E-state index in [1.807, 2.05) is 60.0 Å². The van der Waals surface area contributed by atoms with Crippen LogP contribution in [0.5, 0.6) is 5.75 Å². The van der Waals surface area contributed by atoms with Gasteiger partial charge in [0.2, 0.25) is 5.91 Å². The van der Waals surface area contributed by atoms with Crippen molar-refractivity contribution in [1.29, 1.82) is 0 Å². The van der Waals surface area contributed by atoms with Crippen molar-refractivity contribution in [2.24, 2.45) is 0 Å². The third kappa shape index (κ3) is 7.55. The highest BCUT2D eigenvalue weighted by Crippen LogP contribution is 2.38. The van der Waals surface area contributed by atoms with Crippen molar-refractivity contribution in [3.05, 3.63) is 125 Å². The molecule has 1 aromatic heterocycles. The number of thiazole rings is 1. The van der Waals surface area contributed by atoms with E-state index < -0.39 is 28.7 Å². The van der Waals surface area contributed by atoms with Crippen LogP contribution in [0.15, 0.2) is 107 Å². The number of hydrogen-bond acceptors (Lipinski definition) is 8. The van der Waals surface area contributed by atoms with Gasteiger partial charge in [-0.15, -0.1) is 23.1 Å². The minimum atomic E-state index is -1.43. The number of anilines is 2. The average molecular weight is 640 g/mol. The van der Waals surface area contributed by atoms with Crippen molar-refractivity contribution < 1.29 is 34.1 Å². The van der Waals surface area contributed by atoms with Gasteiger partial charge < -0.3 is 25.6 Å². The number of carboxylic acid groups (broad SMARTS) is 2. The molecule has 4 aromatic carbocycles. The van der Waals surface area contributed by atoms with E-state index in [1.54, 1.807) is 31.4 Å². The second kappa shape index (κ2) is 13.9. The van der Waals surface area contributed by atoms with Crippen LogP contribution in [0.1, 0.15) is 41.9 Å². The zero-order valence-electron chi connectivity index (χ0n) is 23.6. The number of aromatic carboxylic acids is 2. The van der Waals surface area contributed by atoms with Gasteiger partial charge in [0.05, 0.1) is 29.5 Å².